The van der Waals surface area contributed by atoms with E-state index in [1.165, 1.54) is 30.4 Å². The van der Waals surface area contributed by atoms with Crippen molar-refractivity contribution in [1.82, 2.24) is 10.2 Å². The lowest BCUT2D eigenvalue weighted by Gasteiger charge is -2.36. The second-order valence-electron chi connectivity index (χ2n) is 6.52. The van der Waals surface area contributed by atoms with Crippen LogP contribution in [0.4, 0.5) is 0 Å². The lowest BCUT2D eigenvalue weighted by Crippen LogP contribution is -2.42. The minimum atomic E-state index is 0.223. The minimum Gasteiger partial charge on any atom is -0.359 e. The number of nitrogens with zero attached hydrogens (tertiary/aromatic N) is 1. The van der Waals surface area contributed by atoms with Crippen LogP contribution in [0.25, 0.3) is 0 Å². The molecular formula is C18H26N2O. The Hall–Kier alpha value is -1.35. The third-order valence-electron chi connectivity index (χ3n) is 5.19. The summed E-state index contributed by atoms with van der Waals surface area (Å²) in [6.45, 7) is 3.26. The summed E-state index contributed by atoms with van der Waals surface area (Å²) >= 11 is 0. The van der Waals surface area contributed by atoms with Crippen molar-refractivity contribution in [1.29, 1.82) is 0 Å². The predicted octanol–water partition coefficient (Wildman–Crippen LogP) is 2.60. The van der Waals surface area contributed by atoms with Gasteiger partial charge in [0.25, 0.3) is 0 Å². The maximum atomic E-state index is 12.1. The van der Waals surface area contributed by atoms with E-state index >= 15 is 0 Å². The molecule has 114 valence electrons. The summed E-state index contributed by atoms with van der Waals surface area (Å²) < 4.78 is 0. The molecular weight excluding hydrogens is 260 g/mol. The number of amides is 1. The van der Waals surface area contributed by atoms with Gasteiger partial charge in [-0.1, -0.05) is 37.1 Å². The van der Waals surface area contributed by atoms with Crippen molar-refractivity contribution in [3.63, 3.8) is 0 Å². The molecule has 0 aromatic heterocycles. The van der Waals surface area contributed by atoms with Gasteiger partial charge < -0.3 is 5.32 Å². The van der Waals surface area contributed by atoms with Crippen LogP contribution in [-0.4, -0.2) is 30.9 Å². The molecule has 1 heterocycles. The molecule has 3 nitrogen and oxygen atoms in total. The van der Waals surface area contributed by atoms with Crippen LogP contribution < -0.4 is 5.32 Å². The van der Waals surface area contributed by atoms with Gasteiger partial charge in [0.1, 0.15) is 0 Å². The number of fused-ring (bicyclic) bond motifs is 1. The van der Waals surface area contributed by atoms with E-state index in [2.05, 4.69) is 34.5 Å². The van der Waals surface area contributed by atoms with Gasteiger partial charge in [-0.3, -0.25) is 9.69 Å². The van der Waals surface area contributed by atoms with Crippen molar-refractivity contribution in [2.75, 3.05) is 20.1 Å². The van der Waals surface area contributed by atoms with Crippen LogP contribution >= 0.6 is 0 Å². The highest BCUT2D eigenvalue weighted by Crippen LogP contribution is 2.32. The van der Waals surface area contributed by atoms with E-state index in [0.717, 1.165) is 32.5 Å². The molecule has 1 aliphatic heterocycles. The Morgan fingerprint density at radius 2 is 2.00 bits per heavy atom. The lowest BCUT2D eigenvalue weighted by atomic mass is 9.78. The van der Waals surface area contributed by atoms with Crippen molar-refractivity contribution >= 4 is 5.91 Å². The molecule has 0 unspecified atom stereocenters. The summed E-state index contributed by atoms with van der Waals surface area (Å²) in [6, 6.07) is 8.77. The SMILES string of the molecule is CNC(=O)[C@H]1CCCC[C@H]1CN1CCc2ccccc2C1. The van der Waals surface area contributed by atoms with Gasteiger partial charge >= 0.3 is 0 Å². The number of nitrogens with one attached hydrogen (secondary N) is 1. The smallest absolute Gasteiger partial charge is 0.223 e. The van der Waals surface area contributed by atoms with Gasteiger partial charge in [0, 0.05) is 32.6 Å². The highest BCUT2D eigenvalue weighted by molar-refractivity contribution is 5.78. The first-order valence-corrected chi connectivity index (χ1v) is 8.28. The molecule has 1 saturated carbocycles. The molecule has 0 spiro atoms. The molecule has 1 fully saturated rings. The van der Waals surface area contributed by atoms with E-state index in [-0.39, 0.29) is 11.8 Å². The topological polar surface area (TPSA) is 32.3 Å². The average Bonchev–Trinajstić information content (AvgIpc) is 2.54. The fraction of sp³-hybridized carbons (Fsp3) is 0.611. The molecule has 21 heavy (non-hydrogen) atoms. The first kappa shape index (κ1) is 14.6. The van der Waals surface area contributed by atoms with E-state index in [9.17, 15) is 4.79 Å². The van der Waals surface area contributed by atoms with Crippen molar-refractivity contribution in [3.8, 4) is 0 Å². The van der Waals surface area contributed by atoms with E-state index in [4.69, 9.17) is 0 Å². The number of hydrogen-bond donors (Lipinski definition) is 1. The van der Waals surface area contributed by atoms with Crippen LogP contribution in [0.3, 0.4) is 0 Å². The fourth-order valence-electron chi connectivity index (χ4n) is 4.00. The van der Waals surface area contributed by atoms with Crippen LogP contribution in [0.5, 0.6) is 0 Å². The molecule has 0 saturated heterocycles. The third-order valence-corrected chi connectivity index (χ3v) is 5.19. The van der Waals surface area contributed by atoms with E-state index in [1.54, 1.807) is 7.05 Å². The Labute approximate surface area is 127 Å². The van der Waals surface area contributed by atoms with Gasteiger partial charge in [-0.15, -0.1) is 0 Å². The largest absolute Gasteiger partial charge is 0.359 e. The Balaban J connectivity index is 1.64. The lowest BCUT2D eigenvalue weighted by molar-refractivity contribution is -0.127. The normalized spacial score (nSPS) is 26.1. The maximum Gasteiger partial charge on any atom is 0.223 e. The van der Waals surface area contributed by atoms with E-state index in [1.807, 2.05) is 0 Å². The zero-order chi connectivity index (χ0) is 14.7. The quantitative estimate of drug-likeness (QED) is 0.926. The number of carbonyl (C=O) groups excluding carboxylic acids is 1. The fourth-order valence-corrected chi connectivity index (χ4v) is 4.00. The van der Waals surface area contributed by atoms with Crippen LogP contribution in [0.15, 0.2) is 24.3 Å². The van der Waals surface area contributed by atoms with Gasteiger partial charge in [0.15, 0.2) is 0 Å². The van der Waals surface area contributed by atoms with Crippen LogP contribution in [-0.2, 0) is 17.8 Å². The Kier molecular flexibility index (Phi) is 4.59. The van der Waals surface area contributed by atoms with Gasteiger partial charge in [-0.05, 0) is 36.3 Å². The Morgan fingerprint density at radius 3 is 2.81 bits per heavy atom. The summed E-state index contributed by atoms with van der Waals surface area (Å²) in [4.78, 5) is 14.6. The van der Waals surface area contributed by atoms with Crippen molar-refractivity contribution in [2.45, 2.75) is 38.6 Å². The maximum absolute atomic E-state index is 12.1. The van der Waals surface area contributed by atoms with Crippen molar-refractivity contribution in [2.24, 2.45) is 11.8 Å². The summed E-state index contributed by atoms with van der Waals surface area (Å²) in [6.07, 6.45) is 5.90. The molecule has 1 aliphatic carbocycles. The Morgan fingerprint density at radius 1 is 1.24 bits per heavy atom. The molecule has 1 aromatic rings. The number of rotatable bonds is 3. The van der Waals surface area contributed by atoms with Crippen molar-refractivity contribution < 1.29 is 4.79 Å². The van der Waals surface area contributed by atoms with Gasteiger partial charge in [0.2, 0.25) is 5.91 Å². The molecule has 2 aliphatic rings. The molecule has 0 radical (unpaired) electrons. The number of hydrogen-bond acceptors (Lipinski definition) is 2. The number of benzene rings is 1. The molecule has 1 N–H and O–H groups in total. The summed E-state index contributed by atoms with van der Waals surface area (Å²) in [5, 5.41) is 2.86. The van der Waals surface area contributed by atoms with Gasteiger partial charge in [-0.25, -0.2) is 0 Å². The monoisotopic (exact) mass is 286 g/mol. The van der Waals surface area contributed by atoms with Gasteiger partial charge in [-0.2, -0.15) is 0 Å². The molecule has 1 aromatic carbocycles. The predicted molar refractivity (Wildman–Crippen MR) is 84.9 cm³/mol. The molecule has 2 atom stereocenters. The molecule has 3 rings (SSSR count). The Bertz CT molecular complexity index is 500. The second kappa shape index (κ2) is 6.61. The highest BCUT2D eigenvalue weighted by Gasteiger charge is 2.32. The van der Waals surface area contributed by atoms with Crippen molar-refractivity contribution in [3.05, 3.63) is 35.4 Å². The van der Waals surface area contributed by atoms with Crippen LogP contribution in [0, 0.1) is 11.8 Å². The second-order valence-corrected chi connectivity index (χ2v) is 6.52. The standard InChI is InChI=1S/C18H26N2O/c1-19-18(21)17-9-5-4-8-16(17)13-20-11-10-14-6-2-3-7-15(14)12-20/h2-3,6-7,16-17H,4-5,8-13H2,1H3,(H,19,21)/t16-,17-/m0/s1. The van der Waals surface area contributed by atoms with E-state index in [0.29, 0.717) is 5.92 Å². The van der Waals surface area contributed by atoms with E-state index < -0.39 is 0 Å². The summed E-state index contributed by atoms with van der Waals surface area (Å²) in [5.41, 5.74) is 2.97. The van der Waals surface area contributed by atoms with Crippen LogP contribution in [0.2, 0.25) is 0 Å². The van der Waals surface area contributed by atoms with Crippen LogP contribution in [0.1, 0.15) is 36.8 Å². The highest BCUT2D eigenvalue weighted by atomic mass is 16.1. The number of carbonyl (C=O) groups is 1. The molecule has 3 heteroatoms. The molecule has 0 bridgehead atoms. The first-order valence-electron chi connectivity index (χ1n) is 8.28. The summed E-state index contributed by atoms with van der Waals surface area (Å²) in [7, 11) is 1.77. The zero-order valence-corrected chi connectivity index (χ0v) is 13.0. The minimum absolute atomic E-state index is 0.223. The summed E-state index contributed by atoms with van der Waals surface area (Å²) in [5.74, 6) is 1.00. The third kappa shape index (κ3) is 3.29. The van der Waals surface area contributed by atoms with Gasteiger partial charge in [0.05, 0.1) is 0 Å². The first-order chi connectivity index (χ1) is 10.3. The molecule has 1 amide bonds. The zero-order valence-electron chi connectivity index (χ0n) is 13.0. The average molecular weight is 286 g/mol.